The molecule has 0 saturated heterocycles. The van der Waals surface area contributed by atoms with Crippen molar-refractivity contribution in [1.29, 1.82) is 0 Å². The van der Waals surface area contributed by atoms with Crippen molar-refractivity contribution >= 4 is 11.3 Å². The maximum atomic E-state index is 4.98. The molecule has 0 radical (unpaired) electrons. The van der Waals surface area contributed by atoms with Crippen LogP contribution in [0.25, 0.3) is 0 Å². The summed E-state index contributed by atoms with van der Waals surface area (Å²) in [6.07, 6.45) is 7.40. The van der Waals surface area contributed by atoms with Gasteiger partial charge < -0.3 is 0 Å². The zero-order valence-electron chi connectivity index (χ0n) is 18.1. The Balaban J connectivity index is 1.41. The number of hydrogen-bond acceptors (Lipinski definition) is 6. The number of aromatic nitrogens is 6. The molecule has 0 amide bonds. The third-order valence-electron chi connectivity index (χ3n) is 6.23. The fourth-order valence-corrected chi connectivity index (χ4v) is 5.23. The molecule has 160 valence electrons. The molecule has 0 aromatic carbocycles. The molecule has 5 rings (SSSR count). The quantitative estimate of drug-likeness (QED) is 0.601. The van der Waals surface area contributed by atoms with Crippen LogP contribution in [0.15, 0.2) is 22.9 Å². The summed E-state index contributed by atoms with van der Waals surface area (Å²) in [5.41, 5.74) is 3.68. The summed E-state index contributed by atoms with van der Waals surface area (Å²) in [5.74, 6) is 1.59. The van der Waals surface area contributed by atoms with Gasteiger partial charge in [0.25, 0.3) is 0 Å². The Morgan fingerprint density at radius 1 is 1.20 bits per heavy atom. The molecule has 2 fully saturated rings. The molecule has 30 heavy (non-hydrogen) atoms. The Bertz CT molecular complexity index is 972. The topological polar surface area (TPSA) is 73.5 Å². The first kappa shape index (κ1) is 19.9. The van der Waals surface area contributed by atoms with E-state index in [9.17, 15) is 0 Å². The molecule has 2 saturated carbocycles. The highest BCUT2D eigenvalue weighted by Crippen LogP contribution is 2.42. The van der Waals surface area contributed by atoms with Crippen LogP contribution in [-0.4, -0.2) is 30.0 Å². The highest BCUT2D eigenvalue weighted by molar-refractivity contribution is 7.08. The smallest absolute Gasteiger partial charge is 0.173 e. The van der Waals surface area contributed by atoms with E-state index in [1.807, 2.05) is 0 Å². The Morgan fingerprint density at radius 3 is 2.67 bits per heavy atom. The predicted molar refractivity (Wildman–Crippen MR) is 118 cm³/mol. The van der Waals surface area contributed by atoms with Crippen molar-refractivity contribution in [3.63, 3.8) is 0 Å². The van der Waals surface area contributed by atoms with Gasteiger partial charge in [-0.15, -0.1) is 5.10 Å². The average molecular weight is 426 g/mol. The summed E-state index contributed by atoms with van der Waals surface area (Å²) in [6, 6.07) is 4.84. The Kier molecular flexibility index (Phi) is 5.23. The number of thiophene rings is 1. The molecule has 0 aliphatic heterocycles. The van der Waals surface area contributed by atoms with Gasteiger partial charge in [0, 0.05) is 18.2 Å². The van der Waals surface area contributed by atoms with Crippen molar-refractivity contribution in [1.82, 2.24) is 35.3 Å². The second-order valence-corrected chi connectivity index (χ2v) is 10.5. The fourth-order valence-electron chi connectivity index (χ4n) is 4.54. The summed E-state index contributed by atoms with van der Waals surface area (Å²) < 4.78 is 4.29. The van der Waals surface area contributed by atoms with Crippen molar-refractivity contribution < 1.29 is 0 Å². The average Bonchev–Trinajstić information content (AvgIpc) is 3.23. The Morgan fingerprint density at radius 2 is 2.00 bits per heavy atom. The van der Waals surface area contributed by atoms with Crippen LogP contribution in [0.2, 0.25) is 0 Å². The van der Waals surface area contributed by atoms with Crippen molar-refractivity contribution in [2.75, 3.05) is 0 Å². The first-order valence-corrected chi connectivity index (χ1v) is 12.1. The minimum atomic E-state index is -0.0315. The van der Waals surface area contributed by atoms with Crippen LogP contribution in [0.5, 0.6) is 0 Å². The van der Waals surface area contributed by atoms with Crippen LogP contribution in [0.4, 0.5) is 0 Å². The lowest BCUT2D eigenvalue weighted by Crippen LogP contribution is -2.27. The van der Waals surface area contributed by atoms with Crippen LogP contribution in [-0.2, 0) is 12.1 Å². The van der Waals surface area contributed by atoms with Crippen LogP contribution < -0.4 is 5.32 Å². The molecule has 3 aromatic heterocycles. The summed E-state index contributed by atoms with van der Waals surface area (Å²) in [5, 5.41) is 25.9. The monoisotopic (exact) mass is 425 g/mol. The van der Waals surface area contributed by atoms with Gasteiger partial charge in [0.1, 0.15) is 0 Å². The number of rotatable bonds is 7. The van der Waals surface area contributed by atoms with Crippen LogP contribution in [0, 0.1) is 0 Å². The van der Waals surface area contributed by atoms with Crippen molar-refractivity contribution in [2.24, 2.45) is 0 Å². The van der Waals surface area contributed by atoms with Gasteiger partial charge >= 0.3 is 0 Å². The fraction of sp³-hybridized carbons (Fsp3) is 0.636. The largest absolute Gasteiger partial charge is 0.298 e. The minimum Gasteiger partial charge on any atom is -0.298 e. The first-order chi connectivity index (χ1) is 14.5. The van der Waals surface area contributed by atoms with E-state index in [1.54, 1.807) is 11.3 Å². The highest BCUT2D eigenvalue weighted by Gasteiger charge is 2.32. The normalized spacial score (nSPS) is 18.9. The van der Waals surface area contributed by atoms with Gasteiger partial charge in [-0.05, 0) is 85.3 Å². The van der Waals surface area contributed by atoms with Crippen LogP contribution >= 0.6 is 11.3 Å². The van der Waals surface area contributed by atoms with Gasteiger partial charge in [0.05, 0.1) is 23.3 Å². The van der Waals surface area contributed by atoms with E-state index in [-0.39, 0.29) is 11.6 Å². The molecule has 7 nitrogen and oxygen atoms in total. The third kappa shape index (κ3) is 3.95. The summed E-state index contributed by atoms with van der Waals surface area (Å²) >= 11 is 1.71. The lowest BCUT2D eigenvalue weighted by atomic mass is 10.1. The van der Waals surface area contributed by atoms with E-state index in [0.717, 1.165) is 24.4 Å². The van der Waals surface area contributed by atoms with Gasteiger partial charge in [-0.2, -0.15) is 16.4 Å². The maximum Gasteiger partial charge on any atom is 0.173 e. The Labute approximate surface area is 181 Å². The van der Waals surface area contributed by atoms with Gasteiger partial charge in [0.15, 0.2) is 5.82 Å². The lowest BCUT2D eigenvalue weighted by Gasteiger charge is -2.22. The standard InChI is InChI=1S/C22H31N7S/c1-22(2,3)29-19(15-8-9-15)12-17(25-29)13-23-20(16-10-11-30-14-16)21-24-26-27-28(21)18-6-4-5-7-18/h10-12,14-15,18,20,23H,4-9,13H2,1-3H3. The van der Waals surface area contributed by atoms with Crippen LogP contribution in [0.1, 0.15) is 100 Å². The van der Waals surface area contributed by atoms with E-state index in [2.05, 4.69) is 73.9 Å². The molecule has 1 atom stereocenters. The summed E-state index contributed by atoms with van der Waals surface area (Å²) in [7, 11) is 0. The molecule has 2 aliphatic carbocycles. The maximum absolute atomic E-state index is 4.98. The SMILES string of the molecule is CC(C)(C)n1nc(CNC(c2ccsc2)c2nnnn2C2CCCC2)cc1C1CC1. The molecule has 3 aromatic rings. The second-order valence-electron chi connectivity index (χ2n) is 9.71. The van der Waals surface area contributed by atoms with E-state index >= 15 is 0 Å². The predicted octanol–water partition coefficient (Wildman–Crippen LogP) is 4.56. The second kappa shape index (κ2) is 7.89. The van der Waals surface area contributed by atoms with E-state index < -0.39 is 0 Å². The van der Waals surface area contributed by atoms with E-state index in [1.165, 1.54) is 36.9 Å². The molecular weight excluding hydrogens is 394 g/mol. The lowest BCUT2D eigenvalue weighted by molar-refractivity contribution is 0.340. The molecule has 3 heterocycles. The number of hydrogen-bond donors (Lipinski definition) is 1. The molecule has 0 spiro atoms. The van der Waals surface area contributed by atoms with Gasteiger partial charge in [-0.25, -0.2) is 4.68 Å². The summed E-state index contributed by atoms with van der Waals surface area (Å²) in [6.45, 7) is 7.38. The zero-order chi connectivity index (χ0) is 20.7. The van der Waals surface area contributed by atoms with E-state index in [0.29, 0.717) is 18.5 Å². The van der Waals surface area contributed by atoms with Crippen molar-refractivity contribution in [2.45, 2.75) is 89.4 Å². The van der Waals surface area contributed by atoms with E-state index in [4.69, 9.17) is 5.10 Å². The van der Waals surface area contributed by atoms with Gasteiger partial charge in [-0.1, -0.05) is 12.8 Å². The van der Waals surface area contributed by atoms with Gasteiger partial charge in [0.2, 0.25) is 0 Å². The molecule has 1 N–H and O–H groups in total. The zero-order valence-corrected chi connectivity index (χ0v) is 18.9. The van der Waals surface area contributed by atoms with Crippen LogP contribution in [0.3, 0.4) is 0 Å². The number of nitrogens with one attached hydrogen (secondary N) is 1. The highest BCUT2D eigenvalue weighted by atomic mass is 32.1. The number of tetrazole rings is 1. The first-order valence-electron chi connectivity index (χ1n) is 11.1. The van der Waals surface area contributed by atoms with Crippen molar-refractivity contribution in [3.8, 4) is 0 Å². The number of nitrogens with zero attached hydrogens (tertiary/aromatic N) is 6. The molecule has 1 unspecified atom stereocenters. The molecule has 8 heteroatoms. The van der Waals surface area contributed by atoms with Gasteiger partial charge in [-0.3, -0.25) is 10.00 Å². The molecule has 0 bridgehead atoms. The summed E-state index contributed by atoms with van der Waals surface area (Å²) in [4.78, 5) is 0. The molecular formula is C22H31N7S. The third-order valence-corrected chi connectivity index (χ3v) is 6.93. The Hall–Kier alpha value is -2.06. The van der Waals surface area contributed by atoms with Crippen molar-refractivity contribution in [3.05, 3.63) is 45.7 Å². The molecule has 2 aliphatic rings. The minimum absolute atomic E-state index is 0.00446.